The molecule has 0 spiro atoms. The summed E-state index contributed by atoms with van der Waals surface area (Å²) < 4.78 is 18.5. The zero-order valence-corrected chi connectivity index (χ0v) is 18.4. The molecular formula is C23H22N4O7. The highest BCUT2D eigenvalue weighted by Crippen LogP contribution is 2.21. The first-order valence-corrected chi connectivity index (χ1v) is 10.3. The second kappa shape index (κ2) is 9.63. The van der Waals surface area contributed by atoms with Gasteiger partial charge in [-0.2, -0.15) is 4.98 Å². The standard InChI is InChI=1S/C23H22N4O7/c1-26-19-18(20(29)25-22(26)31)27(23(24-19)34-21(30)14-6-4-3-5-7-14)12-15(28)13-33-17-10-8-16(32-2)9-11-17/h3-11,15,28H,12-13H2,1-2H3,(H,25,29,31). The number of aromatic nitrogens is 4. The zero-order chi connectivity index (χ0) is 24.2. The number of aromatic amines is 1. The van der Waals surface area contributed by atoms with Crippen LogP contribution < -0.4 is 25.5 Å². The van der Waals surface area contributed by atoms with Crippen LogP contribution in [0.2, 0.25) is 0 Å². The van der Waals surface area contributed by atoms with Gasteiger partial charge in [0.2, 0.25) is 0 Å². The molecule has 0 aliphatic rings. The van der Waals surface area contributed by atoms with Gasteiger partial charge < -0.3 is 19.3 Å². The summed E-state index contributed by atoms with van der Waals surface area (Å²) in [6.07, 6.45) is -1.11. The summed E-state index contributed by atoms with van der Waals surface area (Å²) in [6, 6.07) is 14.8. The predicted molar refractivity (Wildman–Crippen MR) is 121 cm³/mol. The third kappa shape index (κ3) is 4.69. The van der Waals surface area contributed by atoms with E-state index in [-0.39, 0.29) is 35.9 Å². The summed E-state index contributed by atoms with van der Waals surface area (Å²) in [5, 5.41) is 10.6. The third-order valence-corrected chi connectivity index (χ3v) is 5.06. The maximum Gasteiger partial charge on any atom is 0.345 e. The van der Waals surface area contributed by atoms with Crippen molar-refractivity contribution in [2.75, 3.05) is 13.7 Å². The molecule has 2 heterocycles. The number of aliphatic hydroxyl groups excluding tert-OH is 1. The average molecular weight is 466 g/mol. The van der Waals surface area contributed by atoms with Gasteiger partial charge in [-0.15, -0.1) is 0 Å². The van der Waals surface area contributed by atoms with Crippen molar-refractivity contribution >= 4 is 17.1 Å². The molecule has 4 aromatic rings. The lowest BCUT2D eigenvalue weighted by Crippen LogP contribution is -2.30. The normalized spacial score (nSPS) is 11.9. The summed E-state index contributed by atoms with van der Waals surface area (Å²) in [7, 11) is 2.97. The van der Waals surface area contributed by atoms with Crippen molar-refractivity contribution in [2.45, 2.75) is 12.6 Å². The maximum atomic E-state index is 12.6. The largest absolute Gasteiger partial charge is 0.497 e. The van der Waals surface area contributed by atoms with Crippen molar-refractivity contribution in [3.63, 3.8) is 0 Å². The number of hydrogen-bond donors (Lipinski definition) is 2. The number of hydrogen-bond acceptors (Lipinski definition) is 8. The number of nitrogens with zero attached hydrogens (tertiary/aromatic N) is 3. The minimum absolute atomic E-state index is 0.00730. The smallest absolute Gasteiger partial charge is 0.345 e. The van der Waals surface area contributed by atoms with Crippen LogP contribution in [-0.4, -0.2) is 50.0 Å². The van der Waals surface area contributed by atoms with E-state index in [1.807, 2.05) is 0 Å². The Hall–Kier alpha value is -4.38. The number of carbonyl (C=O) groups is 1. The molecule has 0 aliphatic carbocycles. The van der Waals surface area contributed by atoms with Crippen molar-refractivity contribution in [2.24, 2.45) is 7.05 Å². The van der Waals surface area contributed by atoms with Crippen LogP contribution in [0.1, 0.15) is 10.4 Å². The van der Waals surface area contributed by atoms with Gasteiger partial charge in [-0.25, -0.2) is 9.59 Å². The number of fused-ring (bicyclic) bond motifs is 1. The molecular weight excluding hydrogens is 444 g/mol. The van der Waals surface area contributed by atoms with Gasteiger partial charge in [0, 0.05) is 7.05 Å². The highest BCUT2D eigenvalue weighted by molar-refractivity contribution is 5.91. The molecule has 11 heteroatoms. The number of benzene rings is 2. The number of imidazole rings is 1. The molecule has 176 valence electrons. The fourth-order valence-electron chi connectivity index (χ4n) is 3.31. The maximum absolute atomic E-state index is 12.6. The second-order valence-corrected chi connectivity index (χ2v) is 7.39. The van der Waals surface area contributed by atoms with Crippen LogP contribution in [0.4, 0.5) is 0 Å². The Labute approximate surface area is 192 Å². The van der Waals surface area contributed by atoms with Crippen LogP contribution in [0, 0.1) is 0 Å². The average Bonchev–Trinajstić information content (AvgIpc) is 3.20. The number of aryl methyl sites for hydroxylation is 1. The Kier molecular flexibility index (Phi) is 6.46. The van der Waals surface area contributed by atoms with E-state index < -0.39 is 23.3 Å². The van der Waals surface area contributed by atoms with E-state index in [1.54, 1.807) is 61.7 Å². The first-order valence-electron chi connectivity index (χ1n) is 10.3. The van der Waals surface area contributed by atoms with Crippen LogP contribution in [0.25, 0.3) is 11.2 Å². The highest BCUT2D eigenvalue weighted by Gasteiger charge is 2.23. The Morgan fingerprint density at radius 2 is 1.76 bits per heavy atom. The lowest BCUT2D eigenvalue weighted by atomic mass is 10.2. The van der Waals surface area contributed by atoms with Crippen LogP contribution in [0.5, 0.6) is 17.5 Å². The number of rotatable bonds is 8. The summed E-state index contributed by atoms with van der Waals surface area (Å²) in [6.45, 7) is -0.312. The number of nitrogens with one attached hydrogen (secondary N) is 1. The number of esters is 1. The molecule has 34 heavy (non-hydrogen) atoms. The summed E-state index contributed by atoms with van der Waals surface area (Å²) in [5.41, 5.74) is -1.15. The summed E-state index contributed by atoms with van der Waals surface area (Å²) in [5.74, 6) is 0.460. The van der Waals surface area contributed by atoms with Gasteiger partial charge in [-0.3, -0.25) is 18.9 Å². The quantitative estimate of drug-likeness (QED) is 0.368. The molecule has 0 radical (unpaired) electrons. The van der Waals surface area contributed by atoms with Gasteiger partial charge in [-0.1, -0.05) is 18.2 Å². The molecule has 0 amide bonds. The molecule has 11 nitrogen and oxygen atoms in total. The van der Waals surface area contributed by atoms with Gasteiger partial charge >= 0.3 is 17.7 Å². The minimum Gasteiger partial charge on any atom is -0.497 e. The lowest BCUT2D eigenvalue weighted by molar-refractivity contribution is 0.0684. The van der Waals surface area contributed by atoms with Crippen LogP contribution in [0.3, 0.4) is 0 Å². The molecule has 2 aromatic heterocycles. The number of ether oxygens (including phenoxy) is 3. The van der Waals surface area contributed by atoms with E-state index in [0.717, 1.165) is 4.57 Å². The number of carbonyl (C=O) groups excluding carboxylic acids is 1. The topological polar surface area (TPSA) is 138 Å². The van der Waals surface area contributed by atoms with E-state index in [1.165, 1.54) is 11.6 Å². The number of methoxy groups -OCH3 is 1. The van der Waals surface area contributed by atoms with Gasteiger partial charge in [0.25, 0.3) is 5.56 Å². The number of H-pyrrole nitrogens is 1. The number of aliphatic hydroxyl groups is 1. The molecule has 0 saturated carbocycles. The van der Waals surface area contributed by atoms with Crippen molar-refractivity contribution in [3.8, 4) is 17.5 Å². The first-order chi connectivity index (χ1) is 16.4. The van der Waals surface area contributed by atoms with Gasteiger partial charge in [-0.05, 0) is 36.4 Å². The molecule has 2 aromatic carbocycles. The van der Waals surface area contributed by atoms with Gasteiger partial charge in [0.15, 0.2) is 11.2 Å². The van der Waals surface area contributed by atoms with E-state index in [0.29, 0.717) is 11.5 Å². The van der Waals surface area contributed by atoms with Crippen molar-refractivity contribution < 1.29 is 24.1 Å². The van der Waals surface area contributed by atoms with E-state index >= 15 is 0 Å². The molecule has 1 unspecified atom stereocenters. The Morgan fingerprint density at radius 3 is 2.44 bits per heavy atom. The van der Waals surface area contributed by atoms with E-state index in [2.05, 4.69) is 9.97 Å². The lowest BCUT2D eigenvalue weighted by Gasteiger charge is -2.15. The Balaban J connectivity index is 1.63. The monoisotopic (exact) mass is 466 g/mol. The predicted octanol–water partition coefficient (Wildman–Crippen LogP) is 1.09. The SMILES string of the molecule is COc1ccc(OCC(O)Cn2c(OC(=O)c3ccccc3)nc3c2c(=O)[nH]c(=O)n3C)cc1. The summed E-state index contributed by atoms with van der Waals surface area (Å²) in [4.78, 5) is 43.6. The Morgan fingerprint density at radius 1 is 1.09 bits per heavy atom. The Bertz CT molecular complexity index is 1420. The van der Waals surface area contributed by atoms with Crippen molar-refractivity contribution in [1.29, 1.82) is 0 Å². The molecule has 2 N–H and O–H groups in total. The molecule has 0 bridgehead atoms. The van der Waals surface area contributed by atoms with Crippen molar-refractivity contribution in [1.82, 2.24) is 19.1 Å². The fraction of sp³-hybridized carbons (Fsp3) is 0.217. The van der Waals surface area contributed by atoms with Gasteiger partial charge in [0.05, 0.1) is 19.2 Å². The first kappa shape index (κ1) is 22.8. The minimum atomic E-state index is -1.11. The molecule has 0 saturated heterocycles. The van der Waals surface area contributed by atoms with Crippen LogP contribution >= 0.6 is 0 Å². The zero-order valence-electron chi connectivity index (χ0n) is 18.4. The third-order valence-electron chi connectivity index (χ3n) is 5.06. The van der Waals surface area contributed by atoms with Crippen molar-refractivity contribution in [3.05, 3.63) is 81.0 Å². The summed E-state index contributed by atoms with van der Waals surface area (Å²) >= 11 is 0. The van der Waals surface area contributed by atoms with Gasteiger partial charge in [0.1, 0.15) is 24.2 Å². The molecule has 1 atom stereocenters. The molecule has 0 aliphatic heterocycles. The highest BCUT2D eigenvalue weighted by atomic mass is 16.6. The van der Waals surface area contributed by atoms with Crippen LogP contribution in [-0.2, 0) is 13.6 Å². The molecule has 4 rings (SSSR count). The van der Waals surface area contributed by atoms with E-state index in [4.69, 9.17) is 14.2 Å². The fourth-order valence-corrected chi connectivity index (χ4v) is 3.31. The molecule has 0 fully saturated rings. The second-order valence-electron chi connectivity index (χ2n) is 7.39. The van der Waals surface area contributed by atoms with E-state index in [9.17, 15) is 19.5 Å². The van der Waals surface area contributed by atoms with Crippen LogP contribution in [0.15, 0.2) is 64.2 Å².